The van der Waals surface area contributed by atoms with Crippen LogP contribution in [0.4, 0.5) is 0 Å². The van der Waals surface area contributed by atoms with Crippen molar-refractivity contribution in [1.82, 2.24) is 0 Å². The minimum Gasteiger partial charge on any atom is -0.370 e. The van der Waals surface area contributed by atoms with Crippen molar-refractivity contribution in [2.75, 3.05) is 6.61 Å². The van der Waals surface area contributed by atoms with Gasteiger partial charge in [0.2, 0.25) is 0 Å². The van der Waals surface area contributed by atoms with E-state index in [9.17, 15) is 5.11 Å². The monoisotopic (exact) mass is 250 g/mol. The van der Waals surface area contributed by atoms with Crippen molar-refractivity contribution in [3.63, 3.8) is 0 Å². The smallest absolute Gasteiger partial charge is 0.305 e. The molecule has 0 amide bonds. The second-order valence-corrected chi connectivity index (χ2v) is 4.41. The number of ether oxygens (including phenoxy) is 3. The van der Waals surface area contributed by atoms with Crippen LogP contribution < -0.4 is 0 Å². The summed E-state index contributed by atoms with van der Waals surface area (Å²) in [6.07, 6.45) is -0.211. The largest absolute Gasteiger partial charge is 0.370 e. The fraction of sp³-hybridized carbons (Fsp3) is 1.00. The molecule has 0 aliphatic rings. The van der Waals surface area contributed by atoms with Crippen LogP contribution in [0.3, 0.4) is 0 Å². The van der Waals surface area contributed by atoms with Crippen LogP contribution in [-0.2, 0) is 14.2 Å². The van der Waals surface area contributed by atoms with Gasteiger partial charge in [-0.3, -0.25) is 0 Å². The fourth-order valence-corrected chi connectivity index (χ4v) is 1.10. The van der Waals surface area contributed by atoms with Crippen molar-refractivity contribution >= 4 is 17.4 Å². The molecule has 0 aliphatic carbocycles. The van der Waals surface area contributed by atoms with E-state index >= 15 is 0 Å². The molecule has 0 saturated carbocycles. The first-order valence-corrected chi connectivity index (χ1v) is 5.45. The van der Waals surface area contributed by atoms with E-state index in [0.29, 0.717) is 0 Å². The normalized spacial score (nSPS) is 12.4. The van der Waals surface area contributed by atoms with E-state index in [0.717, 1.165) is 0 Å². The Morgan fingerprint density at radius 2 is 1.25 bits per heavy atom. The van der Waals surface area contributed by atoms with Crippen molar-refractivity contribution in [2.24, 2.45) is 0 Å². The summed E-state index contributed by atoms with van der Waals surface area (Å²) in [5.41, 5.74) is 0. The van der Waals surface area contributed by atoms with Crippen molar-refractivity contribution in [2.45, 2.75) is 65.8 Å². The van der Waals surface area contributed by atoms with Gasteiger partial charge in [-0.25, -0.2) is 0 Å². The third kappa shape index (κ3) is 9.59. The van der Waals surface area contributed by atoms with Gasteiger partial charge in [-0.05, 0) is 41.5 Å². The van der Waals surface area contributed by atoms with Crippen LogP contribution in [0.15, 0.2) is 0 Å². The van der Waals surface area contributed by atoms with E-state index < -0.39 is 5.97 Å². The number of rotatable bonds is 7. The summed E-state index contributed by atoms with van der Waals surface area (Å²) in [5, 5.41) is 10.0. The first-order valence-electron chi connectivity index (χ1n) is 5.45. The quantitative estimate of drug-likeness (QED) is 0.534. The molecular formula is C11H27AlO4. The van der Waals surface area contributed by atoms with E-state index in [1.807, 2.05) is 41.5 Å². The molecule has 0 aromatic rings. The van der Waals surface area contributed by atoms with Gasteiger partial charge >= 0.3 is 5.97 Å². The average molecular weight is 250 g/mol. The molecule has 0 fully saturated rings. The maximum atomic E-state index is 10.0. The van der Waals surface area contributed by atoms with Crippen molar-refractivity contribution < 1.29 is 19.3 Å². The maximum Gasteiger partial charge on any atom is 0.305 e. The molecule has 0 radical (unpaired) electrons. The SMILES string of the molecule is CC(C)OCC(O)(OC(C)C)OC(C)C.[AlH3]. The van der Waals surface area contributed by atoms with E-state index in [1.54, 1.807) is 0 Å². The third-order valence-electron chi connectivity index (χ3n) is 1.44. The van der Waals surface area contributed by atoms with Gasteiger partial charge in [0.25, 0.3) is 0 Å². The molecule has 0 aromatic carbocycles. The topological polar surface area (TPSA) is 47.9 Å². The Balaban J connectivity index is 0. The van der Waals surface area contributed by atoms with Crippen LogP contribution in [0.1, 0.15) is 41.5 Å². The number of aliphatic hydroxyl groups is 1. The van der Waals surface area contributed by atoms with Crippen LogP contribution in [0.5, 0.6) is 0 Å². The van der Waals surface area contributed by atoms with Crippen LogP contribution in [-0.4, -0.2) is 53.4 Å². The molecule has 98 valence electrons. The van der Waals surface area contributed by atoms with Crippen molar-refractivity contribution in [3.8, 4) is 0 Å². The van der Waals surface area contributed by atoms with Gasteiger partial charge in [-0.2, -0.15) is 0 Å². The predicted molar refractivity (Wildman–Crippen MR) is 68.4 cm³/mol. The summed E-state index contributed by atoms with van der Waals surface area (Å²) in [5.74, 6) is -1.65. The number of hydrogen-bond acceptors (Lipinski definition) is 4. The van der Waals surface area contributed by atoms with Crippen LogP contribution in [0.2, 0.25) is 0 Å². The van der Waals surface area contributed by atoms with Gasteiger partial charge in [-0.15, -0.1) is 0 Å². The first-order chi connectivity index (χ1) is 6.75. The summed E-state index contributed by atoms with van der Waals surface area (Å²) < 4.78 is 15.9. The molecule has 0 heterocycles. The lowest BCUT2D eigenvalue weighted by atomic mass is 10.4. The van der Waals surface area contributed by atoms with Crippen LogP contribution in [0.25, 0.3) is 0 Å². The number of hydrogen-bond donors (Lipinski definition) is 1. The second kappa shape index (κ2) is 8.46. The van der Waals surface area contributed by atoms with Crippen LogP contribution >= 0.6 is 0 Å². The summed E-state index contributed by atoms with van der Waals surface area (Å²) in [4.78, 5) is 0. The summed E-state index contributed by atoms with van der Waals surface area (Å²) in [6.45, 7) is 11.2. The minimum absolute atomic E-state index is 0. The summed E-state index contributed by atoms with van der Waals surface area (Å²) in [7, 11) is 0. The zero-order valence-electron chi connectivity index (χ0n) is 10.6. The zero-order valence-corrected chi connectivity index (χ0v) is 10.6. The predicted octanol–water partition coefficient (Wildman–Crippen LogP) is 0.724. The Morgan fingerprint density at radius 1 is 0.875 bits per heavy atom. The van der Waals surface area contributed by atoms with Crippen molar-refractivity contribution in [3.05, 3.63) is 0 Å². The molecule has 16 heavy (non-hydrogen) atoms. The molecule has 0 bridgehead atoms. The van der Waals surface area contributed by atoms with Gasteiger partial charge in [0, 0.05) is 0 Å². The molecule has 0 atom stereocenters. The lowest BCUT2D eigenvalue weighted by molar-refractivity contribution is -0.397. The van der Waals surface area contributed by atoms with Gasteiger partial charge in [0.15, 0.2) is 17.4 Å². The highest BCUT2D eigenvalue weighted by atomic mass is 27.0. The lowest BCUT2D eigenvalue weighted by Crippen LogP contribution is -2.45. The van der Waals surface area contributed by atoms with Gasteiger partial charge in [0.05, 0.1) is 18.3 Å². The molecule has 0 rings (SSSR count). The fourth-order valence-electron chi connectivity index (χ4n) is 1.10. The Labute approximate surface area is 109 Å². The summed E-state index contributed by atoms with van der Waals surface area (Å²) >= 11 is 0. The average Bonchev–Trinajstić information content (AvgIpc) is 1.97. The molecule has 0 spiro atoms. The van der Waals surface area contributed by atoms with Gasteiger partial charge in [0.1, 0.15) is 6.61 Å². The van der Waals surface area contributed by atoms with E-state index in [-0.39, 0.29) is 42.3 Å². The highest BCUT2D eigenvalue weighted by Gasteiger charge is 2.32. The highest BCUT2D eigenvalue weighted by Crippen LogP contribution is 2.16. The zero-order chi connectivity index (χ0) is 12.1. The maximum absolute atomic E-state index is 10.0. The Kier molecular flexibility index (Phi) is 9.91. The molecule has 0 saturated heterocycles. The van der Waals surface area contributed by atoms with Gasteiger partial charge < -0.3 is 19.3 Å². The standard InChI is InChI=1S/C11H24O4.Al.3H/c1-8(2)13-7-11(12,14-9(3)4)15-10(5)6;;;;/h8-10,12H,7H2,1-6H3;;;;. The molecule has 0 aromatic heterocycles. The van der Waals surface area contributed by atoms with Gasteiger partial charge in [-0.1, -0.05) is 0 Å². The molecule has 0 aliphatic heterocycles. The summed E-state index contributed by atoms with van der Waals surface area (Å²) in [6, 6.07) is 0. The molecule has 5 heteroatoms. The van der Waals surface area contributed by atoms with Crippen molar-refractivity contribution in [1.29, 1.82) is 0 Å². The molecule has 0 unspecified atom stereocenters. The third-order valence-corrected chi connectivity index (χ3v) is 1.44. The Hall–Kier alpha value is 0.372. The van der Waals surface area contributed by atoms with Crippen LogP contribution in [0, 0.1) is 0 Å². The first kappa shape index (κ1) is 18.7. The molecular weight excluding hydrogens is 223 g/mol. The molecule has 1 N–H and O–H groups in total. The lowest BCUT2D eigenvalue weighted by Gasteiger charge is -2.31. The minimum atomic E-state index is -1.65. The Morgan fingerprint density at radius 3 is 1.50 bits per heavy atom. The van der Waals surface area contributed by atoms with E-state index in [2.05, 4.69) is 0 Å². The molecule has 4 nitrogen and oxygen atoms in total. The van der Waals surface area contributed by atoms with E-state index in [1.165, 1.54) is 0 Å². The highest BCUT2D eigenvalue weighted by molar-refractivity contribution is 5.75. The Bertz CT molecular complexity index is 161. The second-order valence-electron chi connectivity index (χ2n) is 4.41. The van der Waals surface area contributed by atoms with E-state index in [4.69, 9.17) is 14.2 Å².